The minimum atomic E-state index is -3.63. The van der Waals surface area contributed by atoms with Gasteiger partial charge >= 0.3 is 0 Å². The number of aryl methyl sites for hydroxylation is 1. The topological polar surface area (TPSA) is 101 Å². The zero-order chi connectivity index (χ0) is 20.5. The van der Waals surface area contributed by atoms with E-state index in [1.807, 2.05) is 0 Å². The molecule has 0 aliphatic rings. The second-order valence-electron chi connectivity index (χ2n) is 6.28. The molecule has 1 heterocycles. The van der Waals surface area contributed by atoms with Crippen LogP contribution in [0.4, 0.5) is 5.69 Å². The summed E-state index contributed by atoms with van der Waals surface area (Å²) in [5.74, 6) is -0.530. The van der Waals surface area contributed by atoms with Gasteiger partial charge in [0.15, 0.2) is 5.69 Å². The molecule has 1 N–H and O–H groups in total. The van der Waals surface area contributed by atoms with Crippen molar-refractivity contribution in [2.24, 2.45) is 0 Å². The van der Waals surface area contributed by atoms with E-state index in [0.717, 1.165) is 4.31 Å². The molecule has 0 spiro atoms. The van der Waals surface area contributed by atoms with Crippen LogP contribution in [0.3, 0.4) is 0 Å². The van der Waals surface area contributed by atoms with Crippen LogP contribution in [0.5, 0.6) is 0 Å². The Kier molecular flexibility index (Phi) is 5.30. The van der Waals surface area contributed by atoms with Gasteiger partial charge in [0.05, 0.1) is 10.3 Å². The molecule has 0 atom stereocenters. The summed E-state index contributed by atoms with van der Waals surface area (Å²) in [5.41, 5.74) is 0.139. The van der Waals surface area contributed by atoms with E-state index >= 15 is 0 Å². The first kappa shape index (κ1) is 19.7. The number of hydrogen-bond acceptors (Lipinski definition) is 5. The van der Waals surface area contributed by atoms with E-state index < -0.39 is 15.9 Å². The van der Waals surface area contributed by atoms with Gasteiger partial charge in [-0.05, 0) is 31.2 Å². The van der Waals surface area contributed by atoms with Gasteiger partial charge in [0, 0.05) is 31.7 Å². The summed E-state index contributed by atoms with van der Waals surface area (Å²) in [6.45, 7) is 2.08. The number of aromatic nitrogens is 2. The molecule has 28 heavy (non-hydrogen) atoms. The Hall–Kier alpha value is -3.04. The number of carbonyl (C=O) groups excluding carboxylic acids is 1. The minimum absolute atomic E-state index is 0.0617. The second kappa shape index (κ2) is 7.53. The molecule has 3 aromatic rings. The highest BCUT2D eigenvalue weighted by Crippen LogP contribution is 2.20. The first-order valence-corrected chi connectivity index (χ1v) is 10.0. The van der Waals surface area contributed by atoms with Crippen molar-refractivity contribution in [3.63, 3.8) is 0 Å². The summed E-state index contributed by atoms with van der Waals surface area (Å²) in [7, 11) is -0.760. The highest BCUT2D eigenvalue weighted by Gasteiger charge is 2.19. The molecule has 2 aromatic carbocycles. The Bertz CT molecular complexity index is 1220. The summed E-state index contributed by atoms with van der Waals surface area (Å²) in [6.07, 6.45) is 0. The molecule has 0 radical (unpaired) electrons. The van der Waals surface area contributed by atoms with Crippen LogP contribution in [0.25, 0.3) is 10.8 Å². The lowest BCUT2D eigenvalue weighted by atomic mass is 10.1. The maximum atomic E-state index is 12.9. The maximum Gasteiger partial charge on any atom is 0.276 e. The van der Waals surface area contributed by atoms with Crippen molar-refractivity contribution >= 4 is 32.4 Å². The molecular formula is C19H20N4O4S. The van der Waals surface area contributed by atoms with Crippen LogP contribution in [-0.4, -0.2) is 42.5 Å². The van der Waals surface area contributed by atoms with Gasteiger partial charge in [-0.3, -0.25) is 9.59 Å². The van der Waals surface area contributed by atoms with Gasteiger partial charge < -0.3 is 5.32 Å². The zero-order valence-corrected chi connectivity index (χ0v) is 16.5. The fourth-order valence-electron chi connectivity index (χ4n) is 2.75. The molecule has 0 bridgehead atoms. The van der Waals surface area contributed by atoms with Gasteiger partial charge in [-0.1, -0.05) is 24.3 Å². The summed E-state index contributed by atoms with van der Waals surface area (Å²) in [4.78, 5) is 25.3. The summed E-state index contributed by atoms with van der Waals surface area (Å²) in [6, 6.07) is 12.7. The van der Waals surface area contributed by atoms with E-state index in [1.54, 1.807) is 43.3 Å². The summed E-state index contributed by atoms with van der Waals surface area (Å²) >= 11 is 0. The normalized spacial score (nSPS) is 11.7. The Balaban J connectivity index is 2.03. The van der Waals surface area contributed by atoms with E-state index in [9.17, 15) is 18.0 Å². The van der Waals surface area contributed by atoms with E-state index in [4.69, 9.17) is 0 Å². The van der Waals surface area contributed by atoms with Crippen LogP contribution in [0.2, 0.25) is 0 Å². The van der Waals surface area contributed by atoms with E-state index in [1.165, 1.54) is 30.9 Å². The van der Waals surface area contributed by atoms with Crippen molar-refractivity contribution in [2.45, 2.75) is 18.4 Å². The molecule has 0 fully saturated rings. The average molecular weight is 400 g/mol. The SMILES string of the molecule is CCn1nc(C(=O)Nc2cccc(S(=O)(=O)N(C)C)c2)c2ccccc2c1=O. The number of anilines is 1. The van der Waals surface area contributed by atoms with Crippen molar-refractivity contribution < 1.29 is 13.2 Å². The van der Waals surface area contributed by atoms with Crippen LogP contribution < -0.4 is 10.9 Å². The van der Waals surface area contributed by atoms with Gasteiger partial charge in [-0.15, -0.1) is 0 Å². The number of nitrogens with zero attached hydrogens (tertiary/aromatic N) is 3. The lowest BCUT2D eigenvalue weighted by Crippen LogP contribution is -2.27. The van der Waals surface area contributed by atoms with E-state index in [2.05, 4.69) is 10.4 Å². The third-order valence-corrected chi connectivity index (χ3v) is 6.06. The van der Waals surface area contributed by atoms with Crippen LogP contribution >= 0.6 is 0 Å². The molecule has 0 saturated heterocycles. The number of amides is 1. The standard InChI is InChI=1S/C19H20N4O4S/c1-4-23-19(25)16-11-6-5-10-15(16)17(21-23)18(24)20-13-8-7-9-14(12-13)28(26,27)22(2)3/h5-12H,4H2,1-3H3,(H,20,24). The number of hydrogen-bond donors (Lipinski definition) is 1. The number of rotatable bonds is 5. The van der Waals surface area contributed by atoms with E-state index in [-0.39, 0.29) is 16.1 Å². The third-order valence-electron chi connectivity index (χ3n) is 4.25. The minimum Gasteiger partial charge on any atom is -0.321 e. The molecule has 1 amide bonds. The average Bonchev–Trinajstić information content (AvgIpc) is 2.68. The maximum absolute atomic E-state index is 12.9. The number of nitrogens with one attached hydrogen (secondary N) is 1. The van der Waals surface area contributed by atoms with Gasteiger partial charge in [-0.2, -0.15) is 5.10 Å². The largest absolute Gasteiger partial charge is 0.321 e. The Morgan fingerprint density at radius 2 is 1.79 bits per heavy atom. The number of benzene rings is 2. The summed E-state index contributed by atoms with van der Waals surface area (Å²) in [5, 5.41) is 7.69. The lowest BCUT2D eigenvalue weighted by molar-refractivity contribution is 0.102. The Labute approximate surface area is 162 Å². The molecule has 8 nitrogen and oxygen atoms in total. The smallest absolute Gasteiger partial charge is 0.276 e. The van der Waals surface area contributed by atoms with Crippen molar-refractivity contribution in [3.05, 3.63) is 64.6 Å². The predicted molar refractivity (Wildman–Crippen MR) is 107 cm³/mol. The van der Waals surface area contributed by atoms with Gasteiger partial charge in [0.2, 0.25) is 10.0 Å². The van der Waals surface area contributed by atoms with Crippen molar-refractivity contribution in [3.8, 4) is 0 Å². The van der Waals surface area contributed by atoms with Crippen LogP contribution in [-0.2, 0) is 16.6 Å². The molecular weight excluding hydrogens is 380 g/mol. The number of sulfonamides is 1. The number of fused-ring (bicyclic) bond motifs is 1. The summed E-state index contributed by atoms with van der Waals surface area (Å²) < 4.78 is 26.9. The molecule has 0 unspecified atom stereocenters. The molecule has 9 heteroatoms. The predicted octanol–water partition coefficient (Wildman–Crippen LogP) is 1.92. The lowest BCUT2D eigenvalue weighted by Gasteiger charge is -2.13. The monoisotopic (exact) mass is 400 g/mol. The highest BCUT2D eigenvalue weighted by molar-refractivity contribution is 7.89. The van der Waals surface area contributed by atoms with Gasteiger partial charge in [-0.25, -0.2) is 17.4 Å². The quantitative estimate of drug-likeness (QED) is 0.705. The molecule has 146 valence electrons. The first-order valence-electron chi connectivity index (χ1n) is 8.59. The molecule has 0 aliphatic heterocycles. The van der Waals surface area contributed by atoms with E-state index in [0.29, 0.717) is 23.0 Å². The molecule has 0 aliphatic carbocycles. The van der Waals surface area contributed by atoms with Crippen molar-refractivity contribution in [1.82, 2.24) is 14.1 Å². The van der Waals surface area contributed by atoms with Crippen molar-refractivity contribution in [1.29, 1.82) is 0 Å². The van der Waals surface area contributed by atoms with Crippen LogP contribution in [0.15, 0.2) is 58.2 Å². The van der Waals surface area contributed by atoms with Gasteiger partial charge in [0.1, 0.15) is 0 Å². The zero-order valence-electron chi connectivity index (χ0n) is 15.7. The van der Waals surface area contributed by atoms with Crippen LogP contribution in [0, 0.1) is 0 Å². The number of carbonyl (C=O) groups is 1. The molecule has 1 aromatic heterocycles. The molecule has 3 rings (SSSR count). The highest BCUT2D eigenvalue weighted by atomic mass is 32.2. The Morgan fingerprint density at radius 3 is 2.43 bits per heavy atom. The molecule has 0 saturated carbocycles. The third kappa shape index (κ3) is 3.54. The first-order chi connectivity index (χ1) is 13.3. The second-order valence-corrected chi connectivity index (χ2v) is 8.44. The van der Waals surface area contributed by atoms with Crippen LogP contribution in [0.1, 0.15) is 17.4 Å². The fraction of sp³-hybridized carbons (Fsp3) is 0.211. The fourth-order valence-corrected chi connectivity index (χ4v) is 3.70. The van der Waals surface area contributed by atoms with Gasteiger partial charge in [0.25, 0.3) is 11.5 Å². The van der Waals surface area contributed by atoms with Crippen molar-refractivity contribution in [2.75, 3.05) is 19.4 Å². The Morgan fingerprint density at radius 1 is 1.11 bits per heavy atom.